The van der Waals surface area contributed by atoms with Gasteiger partial charge in [-0.25, -0.2) is 4.39 Å². The summed E-state index contributed by atoms with van der Waals surface area (Å²) in [7, 11) is 0. The smallest absolute Gasteiger partial charge is 0.125 e. The first kappa shape index (κ1) is 12.7. The fourth-order valence-corrected chi connectivity index (χ4v) is 1.90. The molecule has 0 aliphatic heterocycles. The molecule has 0 unspecified atom stereocenters. The van der Waals surface area contributed by atoms with E-state index in [1.165, 1.54) is 24.3 Å². The molecule has 1 aromatic carbocycles. The first-order chi connectivity index (χ1) is 7.24. The molecule has 1 N–H and O–H groups in total. The van der Waals surface area contributed by atoms with Gasteiger partial charge in [0.05, 0.1) is 10.7 Å². The van der Waals surface area contributed by atoms with Gasteiger partial charge in [0, 0.05) is 6.54 Å². The maximum absolute atomic E-state index is 12.9. The highest BCUT2D eigenvalue weighted by atomic mass is 35.5. The zero-order chi connectivity index (χ0) is 11.1. The molecule has 0 saturated carbocycles. The van der Waals surface area contributed by atoms with Crippen molar-refractivity contribution in [2.24, 2.45) is 0 Å². The van der Waals surface area contributed by atoms with Gasteiger partial charge in [0.1, 0.15) is 5.82 Å². The number of hydrogen-bond acceptors (Lipinski definition) is 2. The van der Waals surface area contributed by atoms with Crippen molar-refractivity contribution >= 4 is 29.1 Å². The molecular weight excluding hydrogens is 233 g/mol. The highest BCUT2D eigenvalue weighted by Gasteiger charge is 2.00. The second-order valence-electron chi connectivity index (χ2n) is 3.25. The molecule has 0 aliphatic carbocycles. The minimum absolute atomic E-state index is 0.258. The van der Waals surface area contributed by atoms with E-state index < -0.39 is 0 Å². The van der Waals surface area contributed by atoms with Gasteiger partial charge in [-0.1, -0.05) is 11.6 Å². The Morgan fingerprint density at radius 3 is 2.93 bits per heavy atom. The van der Waals surface area contributed by atoms with Crippen LogP contribution in [0.3, 0.4) is 0 Å². The fraction of sp³-hybridized carbons (Fsp3) is 0.455. The third-order valence-electron chi connectivity index (χ3n) is 2.02. The van der Waals surface area contributed by atoms with Crippen LogP contribution in [0.4, 0.5) is 10.1 Å². The Morgan fingerprint density at radius 1 is 1.40 bits per heavy atom. The lowest BCUT2D eigenvalue weighted by molar-refractivity contribution is 0.628. The largest absolute Gasteiger partial charge is 0.384 e. The van der Waals surface area contributed by atoms with Crippen LogP contribution >= 0.6 is 23.4 Å². The number of halogens is 2. The lowest BCUT2D eigenvalue weighted by atomic mass is 10.3. The summed E-state index contributed by atoms with van der Waals surface area (Å²) in [5, 5.41) is 3.70. The molecule has 4 heteroatoms. The third kappa shape index (κ3) is 4.76. The van der Waals surface area contributed by atoms with Crippen molar-refractivity contribution in [2.45, 2.75) is 12.8 Å². The maximum Gasteiger partial charge on any atom is 0.125 e. The van der Waals surface area contributed by atoms with Gasteiger partial charge in [-0.2, -0.15) is 11.8 Å². The average Bonchev–Trinajstić information content (AvgIpc) is 2.23. The normalized spacial score (nSPS) is 10.3. The van der Waals surface area contributed by atoms with Crippen molar-refractivity contribution in [3.8, 4) is 0 Å². The number of unbranched alkanes of at least 4 members (excludes halogenated alkanes) is 1. The topological polar surface area (TPSA) is 12.0 Å². The molecule has 0 aromatic heterocycles. The second kappa shape index (κ2) is 6.96. The van der Waals surface area contributed by atoms with Gasteiger partial charge in [0.25, 0.3) is 0 Å². The van der Waals surface area contributed by atoms with E-state index in [4.69, 9.17) is 11.6 Å². The maximum atomic E-state index is 12.9. The number of anilines is 1. The van der Waals surface area contributed by atoms with E-state index in [0.717, 1.165) is 13.0 Å². The van der Waals surface area contributed by atoms with Crippen LogP contribution in [0.15, 0.2) is 18.2 Å². The highest BCUT2D eigenvalue weighted by Crippen LogP contribution is 2.22. The number of benzene rings is 1. The van der Waals surface area contributed by atoms with Crippen LogP contribution in [0.25, 0.3) is 0 Å². The Labute approximate surface area is 99.4 Å². The van der Waals surface area contributed by atoms with Gasteiger partial charge in [0.2, 0.25) is 0 Å². The van der Waals surface area contributed by atoms with E-state index in [1.807, 2.05) is 11.8 Å². The summed E-state index contributed by atoms with van der Waals surface area (Å²) in [6.07, 6.45) is 4.34. The Hall–Kier alpha value is -0.410. The van der Waals surface area contributed by atoms with Crippen molar-refractivity contribution in [2.75, 3.05) is 23.9 Å². The molecule has 0 fully saturated rings. The molecule has 0 saturated heterocycles. The summed E-state index contributed by atoms with van der Waals surface area (Å²) in [4.78, 5) is 0. The molecule has 84 valence electrons. The summed E-state index contributed by atoms with van der Waals surface area (Å²) in [5.74, 6) is 0.907. The van der Waals surface area contributed by atoms with Crippen LogP contribution in [-0.4, -0.2) is 18.6 Å². The standard InChI is InChI=1S/C11H15ClFNS/c1-15-7-3-2-6-14-11-8-9(13)4-5-10(11)12/h4-5,8,14H,2-3,6-7H2,1H3. The Morgan fingerprint density at radius 2 is 2.20 bits per heavy atom. The SMILES string of the molecule is CSCCCCNc1cc(F)ccc1Cl. The van der Waals surface area contributed by atoms with E-state index in [-0.39, 0.29) is 5.82 Å². The molecule has 15 heavy (non-hydrogen) atoms. The fourth-order valence-electron chi connectivity index (χ4n) is 1.23. The van der Waals surface area contributed by atoms with Gasteiger partial charge in [-0.3, -0.25) is 0 Å². The summed E-state index contributed by atoms with van der Waals surface area (Å²) in [5.41, 5.74) is 0.681. The predicted octanol–water partition coefficient (Wildman–Crippen LogP) is 4.03. The lowest BCUT2D eigenvalue weighted by Crippen LogP contribution is -2.02. The van der Waals surface area contributed by atoms with Crippen LogP contribution in [0.1, 0.15) is 12.8 Å². The van der Waals surface area contributed by atoms with Crippen molar-refractivity contribution in [3.63, 3.8) is 0 Å². The van der Waals surface area contributed by atoms with Crippen LogP contribution in [0.2, 0.25) is 5.02 Å². The molecule has 0 radical (unpaired) electrons. The van der Waals surface area contributed by atoms with Crippen LogP contribution in [0.5, 0.6) is 0 Å². The van der Waals surface area contributed by atoms with Gasteiger partial charge < -0.3 is 5.32 Å². The van der Waals surface area contributed by atoms with Crippen molar-refractivity contribution in [1.82, 2.24) is 0 Å². The van der Waals surface area contributed by atoms with Crippen LogP contribution in [-0.2, 0) is 0 Å². The second-order valence-corrected chi connectivity index (χ2v) is 4.64. The third-order valence-corrected chi connectivity index (χ3v) is 3.05. The van der Waals surface area contributed by atoms with Gasteiger partial charge >= 0.3 is 0 Å². The average molecular weight is 248 g/mol. The monoisotopic (exact) mass is 247 g/mol. The molecule has 0 spiro atoms. The molecular formula is C11H15ClFNS. The van der Waals surface area contributed by atoms with Gasteiger partial charge in [-0.05, 0) is 43.0 Å². The highest BCUT2D eigenvalue weighted by molar-refractivity contribution is 7.98. The van der Waals surface area contributed by atoms with E-state index in [2.05, 4.69) is 11.6 Å². The summed E-state index contributed by atoms with van der Waals surface area (Å²) in [6, 6.07) is 4.36. The zero-order valence-corrected chi connectivity index (χ0v) is 10.3. The van der Waals surface area contributed by atoms with Gasteiger partial charge in [0.15, 0.2) is 0 Å². The Bertz CT molecular complexity index is 307. The molecule has 1 rings (SSSR count). The zero-order valence-electron chi connectivity index (χ0n) is 8.72. The number of nitrogens with one attached hydrogen (secondary N) is 1. The molecule has 0 heterocycles. The van der Waals surface area contributed by atoms with Crippen LogP contribution in [0, 0.1) is 5.82 Å². The quantitative estimate of drug-likeness (QED) is 0.762. The van der Waals surface area contributed by atoms with Crippen molar-refractivity contribution in [1.29, 1.82) is 0 Å². The molecule has 0 bridgehead atoms. The molecule has 1 nitrogen and oxygen atoms in total. The van der Waals surface area contributed by atoms with Crippen molar-refractivity contribution < 1.29 is 4.39 Å². The predicted molar refractivity (Wildman–Crippen MR) is 67.5 cm³/mol. The Balaban J connectivity index is 2.33. The van der Waals surface area contributed by atoms with E-state index in [9.17, 15) is 4.39 Å². The van der Waals surface area contributed by atoms with Crippen LogP contribution < -0.4 is 5.32 Å². The number of thioether (sulfide) groups is 1. The Kier molecular flexibility index (Phi) is 5.88. The minimum atomic E-state index is -0.258. The number of rotatable bonds is 6. The van der Waals surface area contributed by atoms with E-state index in [0.29, 0.717) is 10.7 Å². The summed E-state index contributed by atoms with van der Waals surface area (Å²) >= 11 is 7.74. The summed E-state index contributed by atoms with van der Waals surface area (Å²) < 4.78 is 12.9. The minimum Gasteiger partial charge on any atom is -0.384 e. The van der Waals surface area contributed by atoms with Gasteiger partial charge in [-0.15, -0.1) is 0 Å². The molecule has 0 amide bonds. The van der Waals surface area contributed by atoms with E-state index in [1.54, 1.807) is 6.07 Å². The summed E-state index contributed by atoms with van der Waals surface area (Å²) in [6.45, 7) is 0.837. The van der Waals surface area contributed by atoms with E-state index >= 15 is 0 Å². The lowest BCUT2D eigenvalue weighted by Gasteiger charge is -2.07. The first-order valence-electron chi connectivity index (χ1n) is 4.92. The molecule has 1 aromatic rings. The molecule has 0 aliphatic rings. The first-order valence-corrected chi connectivity index (χ1v) is 6.69. The van der Waals surface area contributed by atoms with Crippen molar-refractivity contribution in [3.05, 3.63) is 29.0 Å². The molecule has 0 atom stereocenters. The number of hydrogen-bond donors (Lipinski definition) is 1.